The Bertz CT molecular complexity index is 802. The van der Waals surface area contributed by atoms with Gasteiger partial charge in [0.05, 0.1) is 6.20 Å². The van der Waals surface area contributed by atoms with E-state index in [4.69, 9.17) is 9.72 Å². The predicted molar refractivity (Wildman–Crippen MR) is 93.2 cm³/mol. The number of hydrogen-bond acceptors (Lipinski definition) is 5. The molecule has 0 bridgehead atoms. The van der Waals surface area contributed by atoms with Crippen LogP contribution in [0.3, 0.4) is 0 Å². The summed E-state index contributed by atoms with van der Waals surface area (Å²) < 4.78 is 6.03. The molecule has 1 aromatic carbocycles. The summed E-state index contributed by atoms with van der Waals surface area (Å²) in [5.41, 5.74) is 0.768. The van der Waals surface area contributed by atoms with Crippen LogP contribution in [0.2, 0.25) is 0 Å². The SMILES string of the molecule is c1ccc(Oc2cnc(-c3ccccn3)nc2N2CCCC2)cc1. The molecule has 1 fully saturated rings. The number of ether oxygens (including phenoxy) is 1. The fourth-order valence-corrected chi connectivity index (χ4v) is 2.82. The van der Waals surface area contributed by atoms with Gasteiger partial charge in [-0.05, 0) is 37.1 Å². The van der Waals surface area contributed by atoms with Crippen molar-refractivity contribution in [2.75, 3.05) is 18.0 Å². The third kappa shape index (κ3) is 3.06. The summed E-state index contributed by atoms with van der Waals surface area (Å²) in [5, 5.41) is 0. The normalized spacial score (nSPS) is 13.9. The molecule has 5 nitrogen and oxygen atoms in total. The highest BCUT2D eigenvalue weighted by Gasteiger charge is 2.20. The highest BCUT2D eigenvalue weighted by molar-refractivity contribution is 5.59. The van der Waals surface area contributed by atoms with E-state index in [1.165, 1.54) is 12.8 Å². The highest BCUT2D eigenvalue weighted by atomic mass is 16.5. The van der Waals surface area contributed by atoms with Gasteiger partial charge in [-0.15, -0.1) is 0 Å². The van der Waals surface area contributed by atoms with Crippen molar-refractivity contribution in [2.45, 2.75) is 12.8 Å². The number of anilines is 1. The quantitative estimate of drug-likeness (QED) is 0.729. The van der Waals surface area contributed by atoms with Gasteiger partial charge in [-0.1, -0.05) is 24.3 Å². The minimum atomic E-state index is 0.623. The van der Waals surface area contributed by atoms with E-state index in [9.17, 15) is 0 Å². The summed E-state index contributed by atoms with van der Waals surface area (Å²) in [5.74, 6) is 2.93. The first kappa shape index (κ1) is 14.6. The molecular formula is C19H18N4O. The van der Waals surface area contributed by atoms with Gasteiger partial charge in [0.2, 0.25) is 0 Å². The molecule has 3 heterocycles. The Morgan fingerprint density at radius 3 is 2.42 bits per heavy atom. The molecule has 0 N–H and O–H groups in total. The van der Waals surface area contributed by atoms with Crippen molar-refractivity contribution in [3.05, 3.63) is 60.9 Å². The van der Waals surface area contributed by atoms with E-state index in [2.05, 4.69) is 14.9 Å². The van der Waals surface area contributed by atoms with E-state index in [-0.39, 0.29) is 0 Å². The van der Waals surface area contributed by atoms with Crippen LogP contribution in [-0.2, 0) is 0 Å². The van der Waals surface area contributed by atoms with Crippen LogP contribution in [0.15, 0.2) is 60.9 Å². The number of hydrogen-bond donors (Lipinski definition) is 0. The molecule has 0 atom stereocenters. The van der Waals surface area contributed by atoms with Gasteiger partial charge >= 0.3 is 0 Å². The molecule has 1 aliphatic heterocycles. The van der Waals surface area contributed by atoms with Crippen molar-refractivity contribution in [1.82, 2.24) is 15.0 Å². The zero-order valence-corrected chi connectivity index (χ0v) is 13.3. The lowest BCUT2D eigenvalue weighted by Gasteiger charge is -2.20. The second-order valence-electron chi connectivity index (χ2n) is 5.71. The van der Waals surface area contributed by atoms with Crippen molar-refractivity contribution in [2.24, 2.45) is 0 Å². The molecular weight excluding hydrogens is 300 g/mol. The summed E-state index contributed by atoms with van der Waals surface area (Å²) in [6.07, 6.45) is 5.85. The van der Waals surface area contributed by atoms with Crippen molar-refractivity contribution in [3.8, 4) is 23.0 Å². The van der Waals surface area contributed by atoms with Crippen LogP contribution >= 0.6 is 0 Å². The molecule has 2 aromatic heterocycles. The fourth-order valence-electron chi connectivity index (χ4n) is 2.82. The summed E-state index contributed by atoms with van der Waals surface area (Å²) in [4.78, 5) is 15.8. The molecule has 0 spiro atoms. The number of benzene rings is 1. The van der Waals surface area contributed by atoms with Crippen LogP contribution in [0, 0.1) is 0 Å². The van der Waals surface area contributed by atoms with Gasteiger partial charge < -0.3 is 9.64 Å². The van der Waals surface area contributed by atoms with Gasteiger partial charge in [-0.2, -0.15) is 0 Å². The zero-order chi connectivity index (χ0) is 16.2. The lowest BCUT2D eigenvalue weighted by molar-refractivity contribution is 0.477. The lowest BCUT2D eigenvalue weighted by Crippen LogP contribution is -2.20. The lowest BCUT2D eigenvalue weighted by atomic mass is 10.3. The Kier molecular flexibility index (Phi) is 4.06. The molecule has 0 saturated carbocycles. The largest absolute Gasteiger partial charge is 0.452 e. The number of rotatable bonds is 4. The Hall–Kier alpha value is -2.95. The van der Waals surface area contributed by atoms with Gasteiger partial charge in [0.15, 0.2) is 17.4 Å². The summed E-state index contributed by atoms with van der Waals surface area (Å²) in [6.45, 7) is 1.98. The Balaban J connectivity index is 1.72. The molecule has 120 valence electrons. The number of pyridine rings is 1. The van der Waals surface area contributed by atoms with Crippen LogP contribution in [0.5, 0.6) is 11.5 Å². The minimum Gasteiger partial charge on any atom is -0.452 e. The van der Waals surface area contributed by atoms with Crippen molar-refractivity contribution >= 4 is 5.82 Å². The fraction of sp³-hybridized carbons (Fsp3) is 0.211. The average Bonchev–Trinajstić information content (AvgIpc) is 3.18. The number of nitrogens with zero attached hydrogens (tertiary/aromatic N) is 4. The molecule has 0 unspecified atom stereocenters. The first-order chi connectivity index (χ1) is 11.9. The number of para-hydroxylation sites is 1. The van der Waals surface area contributed by atoms with E-state index >= 15 is 0 Å². The first-order valence-electron chi connectivity index (χ1n) is 8.16. The molecule has 0 radical (unpaired) electrons. The van der Waals surface area contributed by atoms with Crippen molar-refractivity contribution in [3.63, 3.8) is 0 Å². The summed E-state index contributed by atoms with van der Waals surface area (Å²) in [7, 11) is 0. The van der Waals surface area contributed by atoms with Gasteiger partial charge in [-0.3, -0.25) is 4.98 Å². The third-order valence-corrected chi connectivity index (χ3v) is 4.01. The van der Waals surface area contributed by atoms with Crippen LogP contribution in [0.1, 0.15) is 12.8 Å². The molecule has 0 amide bonds. The van der Waals surface area contributed by atoms with Crippen LogP contribution in [0.4, 0.5) is 5.82 Å². The molecule has 4 rings (SSSR count). The summed E-state index contributed by atoms with van der Waals surface area (Å²) >= 11 is 0. The van der Waals surface area contributed by atoms with E-state index in [1.54, 1.807) is 12.4 Å². The van der Waals surface area contributed by atoms with Gasteiger partial charge in [0, 0.05) is 19.3 Å². The highest BCUT2D eigenvalue weighted by Crippen LogP contribution is 2.33. The second kappa shape index (κ2) is 6.66. The Labute approximate surface area is 141 Å². The third-order valence-electron chi connectivity index (χ3n) is 4.01. The standard InChI is InChI=1S/C19H18N4O/c1-2-8-15(9-3-1)24-17-14-21-18(16-10-4-5-11-20-16)22-19(17)23-12-6-7-13-23/h1-5,8-11,14H,6-7,12-13H2. The molecule has 1 aliphatic rings. The smallest absolute Gasteiger partial charge is 0.188 e. The summed E-state index contributed by atoms with van der Waals surface area (Å²) in [6, 6.07) is 15.5. The van der Waals surface area contributed by atoms with Gasteiger partial charge in [0.25, 0.3) is 0 Å². The zero-order valence-electron chi connectivity index (χ0n) is 13.3. The van der Waals surface area contributed by atoms with E-state index in [1.807, 2.05) is 48.5 Å². The number of aromatic nitrogens is 3. The van der Waals surface area contributed by atoms with E-state index < -0.39 is 0 Å². The molecule has 1 saturated heterocycles. The van der Waals surface area contributed by atoms with Crippen LogP contribution in [-0.4, -0.2) is 28.0 Å². The Morgan fingerprint density at radius 1 is 0.875 bits per heavy atom. The molecule has 24 heavy (non-hydrogen) atoms. The first-order valence-corrected chi connectivity index (χ1v) is 8.16. The maximum Gasteiger partial charge on any atom is 0.188 e. The molecule has 5 heteroatoms. The van der Waals surface area contributed by atoms with Crippen molar-refractivity contribution in [1.29, 1.82) is 0 Å². The van der Waals surface area contributed by atoms with Gasteiger partial charge in [-0.25, -0.2) is 9.97 Å². The van der Waals surface area contributed by atoms with Gasteiger partial charge in [0.1, 0.15) is 11.4 Å². The van der Waals surface area contributed by atoms with Crippen LogP contribution in [0.25, 0.3) is 11.5 Å². The monoisotopic (exact) mass is 318 g/mol. The van der Waals surface area contributed by atoms with Crippen LogP contribution < -0.4 is 9.64 Å². The Morgan fingerprint density at radius 2 is 1.67 bits per heavy atom. The maximum atomic E-state index is 6.03. The topological polar surface area (TPSA) is 51.1 Å². The minimum absolute atomic E-state index is 0.623. The molecule has 3 aromatic rings. The van der Waals surface area contributed by atoms with E-state index in [0.29, 0.717) is 11.6 Å². The average molecular weight is 318 g/mol. The molecule has 0 aliphatic carbocycles. The predicted octanol–water partition coefficient (Wildman–Crippen LogP) is 3.93. The second-order valence-corrected chi connectivity index (χ2v) is 5.71. The van der Waals surface area contributed by atoms with Crippen molar-refractivity contribution < 1.29 is 4.74 Å². The maximum absolute atomic E-state index is 6.03. The van der Waals surface area contributed by atoms with E-state index in [0.717, 1.165) is 30.4 Å².